The Morgan fingerprint density at radius 3 is 2.92 bits per heavy atom. The van der Waals surface area contributed by atoms with Crippen molar-refractivity contribution in [3.8, 4) is 0 Å². The molecule has 0 aliphatic carbocycles. The Morgan fingerprint density at radius 2 is 2.08 bits per heavy atom. The fourth-order valence-electron chi connectivity index (χ4n) is 3.55. The number of likely N-dealkylation sites (tertiary alicyclic amines) is 1. The van der Waals surface area contributed by atoms with Crippen molar-refractivity contribution in [3.63, 3.8) is 0 Å². The molecule has 124 valence electrons. The van der Waals surface area contributed by atoms with Gasteiger partial charge < -0.3 is 9.55 Å². The third kappa shape index (κ3) is 3.41. The van der Waals surface area contributed by atoms with Crippen molar-refractivity contribution in [3.05, 3.63) is 72.3 Å². The number of nitrogens with one attached hydrogen (secondary N) is 1. The molecular formula is C19H23N5. The van der Waals surface area contributed by atoms with E-state index < -0.39 is 0 Å². The molecule has 2 aromatic heterocycles. The third-order valence-electron chi connectivity index (χ3n) is 4.79. The van der Waals surface area contributed by atoms with E-state index in [1.807, 2.05) is 24.9 Å². The highest BCUT2D eigenvalue weighted by Gasteiger charge is 2.23. The van der Waals surface area contributed by atoms with Crippen LogP contribution in [-0.4, -0.2) is 37.5 Å². The minimum Gasteiger partial charge on any atom is -0.348 e. The van der Waals surface area contributed by atoms with Crippen molar-refractivity contribution in [2.75, 3.05) is 13.1 Å². The first-order chi connectivity index (χ1) is 11.9. The van der Waals surface area contributed by atoms with Crippen LogP contribution >= 0.6 is 0 Å². The molecule has 0 amide bonds. The van der Waals surface area contributed by atoms with E-state index in [2.05, 4.69) is 54.8 Å². The molecule has 24 heavy (non-hydrogen) atoms. The Balaban J connectivity index is 1.43. The Labute approximate surface area is 142 Å². The Morgan fingerprint density at radius 1 is 1.17 bits per heavy atom. The van der Waals surface area contributed by atoms with Gasteiger partial charge in [-0.1, -0.05) is 30.3 Å². The second-order valence-corrected chi connectivity index (χ2v) is 6.55. The number of benzene rings is 1. The molecule has 1 unspecified atom stereocenters. The maximum atomic E-state index is 4.45. The topological polar surface area (TPSA) is 49.7 Å². The van der Waals surface area contributed by atoms with Gasteiger partial charge in [0.2, 0.25) is 0 Å². The van der Waals surface area contributed by atoms with Gasteiger partial charge in [-0.2, -0.15) is 0 Å². The largest absolute Gasteiger partial charge is 0.348 e. The predicted molar refractivity (Wildman–Crippen MR) is 93.6 cm³/mol. The number of aromatic amines is 1. The van der Waals surface area contributed by atoms with E-state index >= 15 is 0 Å². The monoisotopic (exact) mass is 321 g/mol. The number of piperidine rings is 1. The van der Waals surface area contributed by atoms with Gasteiger partial charge in [-0.15, -0.1) is 0 Å². The van der Waals surface area contributed by atoms with Crippen LogP contribution in [-0.2, 0) is 13.1 Å². The zero-order valence-electron chi connectivity index (χ0n) is 13.8. The van der Waals surface area contributed by atoms with Gasteiger partial charge in [-0.25, -0.2) is 9.97 Å². The maximum absolute atomic E-state index is 4.45. The number of nitrogens with zero attached hydrogens (tertiary/aromatic N) is 4. The van der Waals surface area contributed by atoms with Gasteiger partial charge in [0.1, 0.15) is 5.82 Å². The van der Waals surface area contributed by atoms with Gasteiger partial charge in [0.25, 0.3) is 0 Å². The highest BCUT2D eigenvalue weighted by atomic mass is 15.2. The molecule has 1 aliphatic rings. The average Bonchev–Trinajstić information content (AvgIpc) is 3.29. The lowest BCUT2D eigenvalue weighted by Gasteiger charge is -2.31. The summed E-state index contributed by atoms with van der Waals surface area (Å²) in [4.78, 5) is 14.6. The van der Waals surface area contributed by atoms with Gasteiger partial charge in [0, 0.05) is 44.1 Å². The molecule has 0 saturated carbocycles. The SMILES string of the molecule is c1ccc(Cn2cncc2CN2CCCC(c3ncc[nH]3)C2)cc1. The van der Waals surface area contributed by atoms with Crippen LogP contribution in [0.5, 0.6) is 0 Å². The van der Waals surface area contributed by atoms with Crippen LogP contribution in [0.1, 0.15) is 35.8 Å². The number of rotatable bonds is 5. The van der Waals surface area contributed by atoms with E-state index in [1.54, 1.807) is 0 Å². The molecule has 3 heterocycles. The smallest absolute Gasteiger partial charge is 0.110 e. The Hall–Kier alpha value is -2.40. The minimum atomic E-state index is 0.513. The van der Waals surface area contributed by atoms with Gasteiger partial charge in [0.05, 0.1) is 12.0 Å². The number of imidazole rings is 2. The number of hydrogen-bond donors (Lipinski definition) is 1. The fraction of sp³-hybridized carbons (Fsp3) is 0.368. The summed E-state index contributed by atoms with van der Waals surface area (Å²) < 4.78 is 2.26. The molecule has 1 aliphatic heterocycles. The molecule has 4 rings (SSSR count). The van der Waals surface area contributed by atoms with E-state index in [1.165, 1.54) is 24.1 Å². The molecular weight excluding hydrogens is 298 g/mol. The summed E-state index contributed by atoms with van der Waals surface area (Å²) in [6.45, 7) is 4.04. The van der Waals surface area contributed by atoms with Crippen molar-refractivity contribution in [1.29, 1.82) is 0 Å². The molecule has 0 bridgehead atoms. The summed E-state index contributed by atoms with van der Waals surface area (Å²) in [6, 6.07) is 10.6. The lowest BCUT2D eigenvalue weighted by molar-refractivity contribution is 0.193. The summed E-state index contributed by atoms with van der Waals surface area (Å²) in [5, 5.41) is 0. The number of hydrogen-bond acceptors (Lipinski definition) is 3. The van der Waals surface area contributed by atoms with E-state index in [0.717, 1.165) is 32.0 Å². The van der Waals surface area contributed by atoms with Crippen LogP contribution in [0.2, 0.25) is 0 Å². The van der Waals surface area contributed by atoms with Crippen LogP contribution < -0.4 is 0 Å². The molecule has 1 aromatic carbocycles. The lowest BCUT2D eigenvalue weighted by Crippen LogP contribution is -2.34. The fourth-order valence-corrected chi connectivity index (χ4v) is 3.55. The van der Waals surface area contributed by atoms with E-state index in [4.69, 9.17) is 0 Å². The lowest BCUT2D eigenvalue weighted by atomic mass is 9.97. The second kappa shape index (κ2) is 7.01. The average molecular weight is 321 g/mol. The van der Waals surface area contributed by atoms with Gasteiger partial charge in [-0.05, 0) is 24.9 Å². The Bertz CT molecular complexity index is 747. The molecule has 0 spiro atoms. The number of aromatic nitrogens is 4. The zero-order chi connectivity index (χ0) is 16.2. The Kier molecular flexibility index (Phi) is 4.42. The van der Waals surface area contributed by atoms with Crippen LogP contribution in [0.3, 0.4) is 0 Å². The molecule has 1 atom stereocenters. The van der Waals surface area contributed by atoms with Crippen molar-refractivity contribution in [1.82, 2.24) is 24.4 Å². The predicted octanol–water partition coefficient (Wildman–Crippen LogP) is 3.03. The molecule has 3 aromatic rings. The van der Waals surface area contributed by atoms with Gasteiger partial charge >= 0.3 is 0 Å². The summed E-state index contributed by atoms with van der Waals surface area (Å²) in [6.07, 6.45) is 10.1. The number of H-pyrrole nitrogens is 1. The summed E-state index contributed by atoms with van der Waals surface area (Å²) in [7, 11) is 0. The second-order valence-electron chi connectivity index (χ2n) is 6.55. The molecule has 5 heteroatoms. The molecule has 1 fully saturated rings. The quantitative estimate of drug-likeness (QED) is 0.786. The highest BCUT2D eigenvalue weighted by Crippen LogP contribution is 2.25. The third-order valence-corrected chi connectivity index (χ3v) is 4.79. The van der Waals surface area contributed by atoms with Crippen molar-refractivity contribution in [2.45, 2.75) is 31.8 Å². The van der Waals surface area contributed by atoms with Crippen LogP contribution in [0.4, 0.5) is 0 Å². The highest BCUT2D eigenvalue weighted by molar-refractivity contribution is 5.16. The van der Waals surface area contributed by atoms with Crippen molar-refractivity contribution in [2.24, 2.45) is 0 Å². The molecule has 1 saturated heterocycles. The van der Waals surface area contributed by atoms with Crippen LogP contribution in [0.25, 0.3) is 0 Å². The summed E-state index contributed by atoms with van der Waals surface area (Å²) in [5.74, 6) is 1.64. The molecule has 5 nitrogen and oxygen atoms in total. The summed E-state index contributed by atoms with van der Waals surface area (Å²) >= 11 is 0. The van der Waals surface area contributed by atoms with E-state index in [0.29, 0.717) is 5.92 Å². The van der Waals surface area contributed by atoms with Gasteiger partial charge in [0.15, 0.2) is 0 Å². The molecule has 1 N–H and O–H groups in total. The van der Waals surface area contributed by atoms with Crippen molar-refractivity contribution >= 4 is 0 Å². The first-order valence-corrected chi connectivity index (χ1v) is 8.63. The van der Waals surface area contributed by atoms with Gasteiger partial charge in [-0.3, -0.25) is 4.90 Å². The van der Waals surface area contributed by atoms with E-state index in [-0.39, 0.29) is 0 Å². The van der Waals surface area contributed by atoms with Crippen LogP contribution in [0.15, 0.2) is 55.2 Å². The summed E-state index contributed by atoms with van der Waals surface area (Å²) in [5.41, 5.74) is 2.59. The van der Waals surface area contributed by atoms with Crippen molar-refractivity contribution < 1.29 is 0 Å². The van der Waals surface area contributed by atoms with E-state index in [9.17, 15) is 0 Å². The molecule has 0 radical (unpaired) electrons. The normalized spacial score (nSPS) is 18.8. The first kappa shape index (κ1) is 15.1. The van der Waals surface area contributed by atoms with Crippen LogP contribution in [0, 0.1) is 0 Å². The standard InChI is InChI=1S/C19H23N5/c1-2-5-16(6-3-1)12-24-15-20-11-18(24)14-23-10-4-7-17(13-23)19-21-8-9-22-19/h1-3,5-6,8-9,11,15,17H,4,7,10,12-14H2,(H,21,22). The minimum absolute atomic E-state index is 0.513. The first-order valence-electron chi connectivity index (χ1n) is 8.63. The zero-order valence-corrected chi connectivity index (χ0v) is 13.8. The maximum Gasteiger partial charge on any atom is 0.110 e.